The van der Waals surface area contributed by atoms with Crippen LogP contribution in [0.1, 0.15) is 16.8 Å². The Kier molecular flexibility index (Phi) is 4.28. The second kappa shape index (κ2) is 5.74. The van der Waals surface area contributed by atoms with Crippen LogP contribution in [0.2, 0.25) is 0 Å². The van der Waals surface area contributed by atoms with Gasteiger partial charge < -0.3 is 10.6 Å². The van der Waals surface area contributed by atoms with Gasteiger partial charge in [-0.05, 0) is 12.1 Å². The Bertz CT molecular complexity index is 338. The molecule has 1 heterocycles. The number of nitrogens with zero attached hydrogens (tertiary/aromatic N) is 1. The van der Waals surface area contributed by atoms with Gasteiger partial charge in [-0.2, -0.15) is 0 Å². The highest BCUT2D eigenvalue weighted by molar-refractivity contribution is 5.94. The first kappa shape index (κ1) is 11.2. The van der Waals surface area contributed by atoms with E-state index in [0.29, 0.717) is 12.1 Å². The number of aromatic nitrogens is 1. The largest absolute Gasteiger partial charge is 0.359 e. The van der Waals surface area contributed by atoms with E-state index in [1.54, 1.807) is 31.6 Å². The third-order valence-electron chi connectivity index (χ3n) is 1.86. The molecule has 0 saturated carbocycles. The van der Waals surface area contributed by atoms with Crippen LogP contribution in [0.4, 0.5) is 0 Å². The summed E-state index contributed by atoms with van der Waals surface area (Å²) >= 11 is 0. The minimum absolute atomic E-state index is 0.0926. The third-order valence-corrected chi connectivity index (χ3v) is 1.86. The van der Waals surface area contributed by atoms with Crippen LogP contribution in [0.5, 0.6) is 0 Å². The lowest BCUT2D eigenvalue weighted by Gasteiger charge is -2.03. The predicted molar refractivity (Wildman–Crippen MR) is 55.3 cm³/mol. The fourth-order valence-electron chi connectivity index (χ4n) is 1.02. The summed E-state index contributed by atoms with van der Waals surface area (Å²) < 4.78 is 0. The number of pyridine rings is 1. The van der Waals surface area contributed by atoms with Gasteiger partial charge in [-0.15, -0.1) is 0 Å². The molecule has 15 heavy (non-hydrogen) atoms. The molecule has 1 rings (SSSR count). The first-order chi connectivity index (χ1) is 7.24. The van der Waals surface area contributed by atoms with Gasteiger partial charge in [0.1, 0.15) is 0 Å². The highest BCUT2D eigenvalue weighted by atomic mass is 16.2. The van der Waals surface area contributed by atoms with Crippen molar-refractivity contribution in [2.75, 3.05) is 13.6 Å². The minimum Gasteiger partial charge on any atom is -0.359 e. The Morgan fingerprint density at radius 2 is 2.00 bits per heavy atom. The first-order valence-corrected chi connectivity index (χ1v) is 4.63. The van der Waals surface area contributed by atoms with E-state index in [9.17, 15) is 9.59 Å². The maximum absolute atomic E-state index is 11.4. The van der Waals surface area contributed by atoms with Crippen LogP contribution in [0.3, 0.4) is 0 Å². The molecule has 0 saturated heterocycles. The van der Waals surface area contributed by atoms with E-state index in [0.717, 1.165) is 0 Å². The smallest absolute Gasteiger partial charge is 0.251 e. The molecule has 0 aliphatic rings. The van der Waals surface area contributed by atoms with E-state index in [1.165, 1.54) is 0 Å². The number of hydrogen-bond donors (Lipinski definition) is 2. The zero-order valence-electron chi connectivity index (χ0n) is 8.49. The van der Waals surface area contributed by atoms with Gasteiger partial charge in [-0.1, -0.05) is 0 Å². The number of hydrogen-bond acceptors (Lipinski definition) is 3. The van der Waals surface area contributed by atoms with E-state index in [1.807, 2.05) is 0 Å². The summed E-state index contributed by atoms with van der Waals surface area (Å²) in [5.74, 6) is -0.286. The molecular weight excluding hydrogens is 194 g/mol. The Morgan fingerprint density at radius 1 is 1.33 bits per heavy atom. The molecule has 0 unspecified atom stereocenters. The Labute approximate surface area is 87.9 Å². The second-order valence-electron chi connectivity index (χ2n) is 2.91. The van der Waals surface area contributed by atoms with Crippen LogP contribution in [0.15, 0.2) is 24.5 Å². The van der Waals surface area contributed by atoms with Gasteiger partial charge in [-0.3, -0.25) is 14.6 Å². The molecule has 2 amide bonds. The van der Waals surface area contributed by atoms with E-state index < -0.39 is 0 Å². The van der Waals surface area contributed by atoms with Gasteiger partial charge in [0.2, 0.25) is 5.91 Å². The van der Waals surface area contributed by atoms with Crippen molar-refractivity contribution in [3.63, 3.8) is 0 Å². The Morgan fingerprint density at radius 3 is 2.60 bits per heavy atom. The molecule has 0 spiro atoms. The van der Waals surface area contributed by atoms with E-state index in [2.05, 4.69) is 15.6 Å². The van der Waals surface area contributed by atoms with Gasteiger partial charge in [0, 0.05) is 38.0 Å². The highest BCUT2D eigenvalue weighted by Crippen LogP contribution is 1.95. The topological polar surface area (TPSA) is 71.1 Å². The Hall–Kier alpha value is -1.91. The normalized spacial score (nSPS) is 9.40. The summed E-state index contributed by atoms with van der Waals surface area (Å²) in [6.07, 6.45) is 3.38. The lowest BCUT2D eigenvalue weighted by molar-refractivity contribution is -0.120. The van der Waals surface area contributed by atoms with Crippen molar-refractivity contribution in [2.45, 2.75) is 6.42 Å². The molecule has 0 aromatic carbocycles. The van der Waals surface area contributed by atoms with Crippen molar-refractivity contribution in [2.24, 2.45) is 0 Å². The summed E-state index contributed by atoms with van der Waals surface area (Å²) in [5.41, 5.74) is 0.543. The van der Waals surface area contributed by atoms with Crippen LogP contribution >= 0.6 is 0 Å². The van der Waals surface area contributed by atoms with Gasteiger partial charge >= 0.3 is 0 Å². The van der Waals surface area contributed by atoms with Gasteiger partial charge in [0.15, 0.2) is 0 Å². The number of carbonyl (C=O) groups excluding carboxylic acids is 2. The number of amides is 2. The molecular formula is C10H13N3O2. The highest BCUT2D eigenvalue weighted by Gasteiger charge is 2.04. The average molecular weight is 207 g/mol. The van der Waals surface area contributed by atoms with E-state index in [4.69, 9.17) is 0 Å². The monoisotopic (exact) mass is 207 g/mol. The molecule has 0 aliphatic carbocycles. The molecule has 0 atom stereocenters. The molecule has 5 heteroatoms. The lowest BCUT2D eigenvalue weighted by Crippen LogP contribution is -2.29. The van der Waals surface area contributed by atoms with Crippen molar-refractivity contribution < 1.29 is 9.59 Å². The van der Waals surface area contributed by atoms with Crippen molar-refractivity contribution in [1.82, 2.24) is 15.6 Å². The maximum Gasteiger partial charge on any atom is 0.251 e. The minimum atomic E-state index is -0.193. The number of carbonyl (C=O) groups is 2. The summed E-state index contributed by atoms with van der Waals surface area (Å²) in [5, 5.41) is 5.11. The van der Waals surface area contributed by atoms with Crippen LogP contribution in [0, 0.1) is 0 Å². The first-order valence-electron chi connectivity index (χ1n) is 4.63. The molecule has 5 nitrogen and oxygen atoms in total. The van der Waals surface area contributed by atoms with E-state index in [-0.39, 0.29) is 18.2 Å². The summed E-state index contributed by atoms with van der Waals surface area (Å²) in [4.78, 5) is 26.1. The molecule has 0 fully saturated rings. The number of nitrogens with one attached hydrogen (secondary N) is 2. The van der Waals surface area contributed by atoms with Crippen molar-refractivity contribution >= 4 is 11.8 Å². The van der Waals surface area contributed by atoms with Crippen LogP contribution < -0.4 is 10.6 Å². The lowest BCUT2D eigenvalue weighted by atomic mass is 10.2. The van der Waals surface area contributed by atoms with Crippen LogP contribution in [0.25, 0.3) is 0 Å². The van der Waals surface area contributed by atoms with Gasteiger partial charge in [0.05, 0.1) is 0 Å². The Balaban J connectivity index is 2.34. The van der Waals surface area contributed by atoms with Crippen molar-refractivity contribution in [1.29, 1.82) is 0 Å². The molecule has 2 N–H and O–H groups in total. The van der Waals surface area contributed by atoms with Crippen molar-refractivity contribution in [3.8, 4) is 0 Å². The second-order valence-corrected chi connectivity index (χ2v) is 2.91. The molecule has 80 valence electrons. The SMILES string of the molecule is CNC(=O)CCNC(=O)c1ccncc1. The number of rotatable bonds is 4. The maximum atomic E-state index is 11.4. The zero-order valence-corrected chi connectivity index (χ0v) is 8.49. The van der Waals surface area contributed by atoms with Gasteiger partial charge in [-0.25, -0.2) is 0 Å². The fraction of sp³-hybridized carbons (Fsp3) is 0.300. The predicted octanol–water partition coefficient (Wildman–Crippen LogP) is -0.0525. The molecule has 1 aromatic heterocycles. The standard InChI is InChI=1S/C10H13N3O2/c1-11-9(14)4-7-13-10(15)8-2-5-12-6-3-8/h2-3,5-6H,4,7H2,1H3,(H,11,14)(H,13,15). The van der Waals surface area contributed by atoms with Crippen LogP contribution in [-0.2, 0) is 4.79 Å². The molecule has 0 bridgehead atoms. The molecule has 0 radical (unpaired) electrons. The van der Waals surface area contributed by atoms with Gasteiger partial charge in [0.25, 0.3) is 5.91 Å². The third kappa shape index (κ3) is 3.76. The van der Waals surface area contributed by atoms with Crippen LogP contribution in [-0.4, -0.2) is 30.4 Å². The summed E-state index contributed by atoms with van der Waals surface area (Å²) in [7, 11) is 1.56. The summed E-state index contributed by atoms with van der Waals surface area (Å²) in [6, 6.07) is 3.24. The van der Waals surface area contributed by atoms with Crippen molar-refractivity contribution in [3.05, 3.63) is 30.1 Å². The van der Waals surface area contributed by atoms with E-state index >= 15 is 0 Å². The fourth-order valence-corrected chi connectivity index (χ4v) is 1.02. The molecule has 0 aliphatic heterocycles. The summed E-state index contributed by atoms with van der Waals surface area (Å²) in [6.45, 7) is 0.334. The zero-order chi connectivity index (χ0) is 11.1. The average Bonchev–Trinajstić information content (AvgIpc) is 2.29. The molecule has 1 aromatic rings. The quantitative estimate of drug-likeness (QED) is 0.727.